The zero-order chi connectivity index (χ0) is 40.0. The molecule has 1 aliphatic carbocycles. The lowest BCUT2D eigenvalue weighted by Crippen LogP contribution is -2.06. The molecular weight excluding hydrogens is 783 g/mol. The van der Waals surface area contributed by atoms with Gasteiger partial charge in [-0.3, -0.25) is 0 Å². The van der Waals surface area contributed by atoms with Crippen molar-refractivity contribution in [3.05, 3.63) is 194 Å². The molecular formula is C55H33N3OS2. The van der Waals surface area contributed by atoms with Crippen LogP contribution in [0.1, 0.15) is 11.5 Å². The molecule has 0 bridgehead atoms. The lowest BCUT2D eigenvalue weighted by atomic mass is 9.91. The molecule has 3 aromatic heterocycles. The molecule has 0 fully saturated rings. The smallest absolute Gasteiger partial charge is 0.164 e. The summed E-state index contributed by atoms with van der Waals surface area (Å²) in [6, 6.07) is 58.3. The summed E-state index contributed by atoms with van der Waals surface area (Å²) in [7, 11) is 0. The van der Waals surface area contributed by atoms with E-state index in [0.717, 1.165) is 55.1 Å². The predicted octanol–water partition coefficient (Wildman–Crippen LogP) is 15.3. The molecule has 286 valence electrons. The average molecular weight is 816 g/mol. The molecule has 4 heterocycles. The lowest BCUT2D eigenvalue weighted by molar-refractivity contribution is 0.669. The van der Waals surface area contributed by atoms with Crippen molar-refractivity contribution in [2.45, 2.75) is 16.1 Å². The Morgan fingerprint density at radius 2 is 1.10 bits per heavy atom. The summed E-state index contributed by atoms with van der Waals surface area (Å²) in [5.41, 5.74) is 10.5. The van der Waals surface area contributed by atoms with E-state index >= 15 is 0 Å². The third-order valence-corrected chi connectivity index (χ3v) is 14.8. The molecule has 1 aliphatic heterocycles. The summed E-state index contributed by atoms with van der Waals surface area (Å²) < 4.78 is 9.11. The molecule has 0 N–H and O–H groups in total. The van der Waals surface area contributed by atoms with E-state index in [1.165, 1.54) is 47.1 Å². The Kier molecular flexibility index (Phi) is 7.80. The Hall–Kier alpha value is -7.12. The molecule has 0 saturated carbocycles. The third-order valence-electron chi connectivity index (χ3n) is 12.3. The van der Waals surface area contributed by atoms with Crippen LogP contribution in [-0.2, 0) is 0 Å². The fraction of sp³-hybridized carbons (Fsp3) is 0.0364. The fourth-order valence-corrected chi connectivity index (χ4v) is 11.9. The number of hydrogen-bond acceptors (Lipinski definition) is 6. The first kappa shape index (κ1) is 34.7. The van der Waals surface area contributed by atoms with Gasteiger partial charge in [0.25, 0.3) is 0 Å². The van der Waals surface area contributed by atoms with E-state index in [0.29, 0.717) is 28.6 Å². The van der Waals surface area contributed by atoms with Crippen LogP contribution in [0.5, 0.6) is 0 Å². The Bertz CT molecular complexity index is 3650. The highest BCUT2D eigenvalue weighted by Crippen LogP contribution is 2.49. The highest BCUT2D eigenvalue weighted by Gasteiger charge is 2.31. The summed E-state index contributed by atoms with van der Waals surface area (Å²) in [6.07, 6.45) is 8.98. The maximum absolute atomic E-state index is 6.66. The zero-order valence-corrected chi connectivity index (χ0v) is 34.3. The molecule has 11 aromatic rings. The third kappa shape index (κ3) is 5.63. The molecule has 0 amide bonds. The Morgan fingerprint density at radius 3 is 2.00 bits per heavy atom. The maximum Gasteiger partial charge on any atom is 0.164 e. The predicted molar refractivity (Wildman–Crippen MR) is 255 cm³/mol. The lowest BCUT2D eigenvalue weighted by Gasteiger charge is -2.14. The number of rotatable bonds is 5. The van der Waals surface area contributed by atoms with Gasteiger partial charge in [-0.25, -0.2) is 15.0 Å². The van der Waals surface area contributed by atoms with E-state index in [1.807, 2.05) is 23.9 Å². The van der Waals surface area contributed by atoms with Gasteiger partial charge in [0.05, 0.1) is 0 Å². The number of benzene rings is 8. The average Bonchev–Trinajstić information content (AvgIpc) is 4.02. The zero-order valence-electron chi connectivity index (χ0n) is 32.6. The first-order valence-corrected chi connectivity index (χ1v) is 22.3. The molecule has 8 aromatic carbocycles. The molecule has 0 spiro atoms. The van der Waals surface area contributed by atoms with Gasteiger partial charge in [-0.05, 0) is 75.0 Å². The number of nitrogens with zero attached hydrogens (tertiary/aromatic N) is 3. The molecule has 2 aliphatic rings. The van der Waals surface area contributed by atoms with Gasteiger partial charge in [-0.15, -0.1) is 23.1 Å². The molecule has 2 unspecified atom stereocenters. The van der Waals surface area contributed by atoms with Crippen LogP contribution in [0.4, 0.5) is 0 Å². The fourth-order valence-electron chi connectivity index (χ4n) is 9.39. The highest BCUT2D eigenvalue weighted by atomic mass is 32.2. The molecule has 4 nitrogen and oxygen atoms in total. The second kappa shape index (κ2) is 13.7. The number of thioether (sulfide) groups is 1. The number of hydrogen-bond donors (Lipinski definition) is 0. The largest absolute Gasteiger partial charge is 0.456 e. The standard InChI is InChI=1S/C55H33N3OS2/c1-2-12-37-32(10-1)11-7-15-38(37)33-22-24-34(25-23-33)53-56-54(58-55(57-53)44-17-9-21-49-52(44)42-14-4-6-20-48(42)60-49)43-16-8-18-45-51(43)41-29-27-35(30-46(41)59-45)36-26-28-40-39-13-3-5-19-47(39)61-50(40)31-36/h1-31,39,47H. The monoisotopic (exact) mass is 815 g/mol. The topological polar surface area (TPSA) is 51.8 Å². The van der Waals surface area contributed by atoms with Crippen molar-refractivity contribution >= 4 is 76.0 Å². The van der Waals surface area contributed by atoms with Crippen molar-refractivity contribution in [1.82, 2.24) is 15.0 Å². The van der Waals surface area contributed by atoms with E-state index in [2.05, 4.69) is 176 Å². The van der Waals surface area contributed by atoms with Crippen molar-refractivity contribution in [3.8, 4) is 56.4 Å². The molecule has 61 heavy (non-hydrogen) atoms. The Labute approximate surface area is 359 Å². The number of fused-ring (bicyclic) bond motifs is 10. The Balaban J connectivity index is 0.964. The normalized spacial score (nSPS) is 15.7. The van der Waals surface area contributed by atoms with Crippen LogP contribution in [-0.4, -0.2) is 20.2 Å². The quantitative estimate of drug-likeness (QED) is 0.173. The summed E-state index contributed by atoms with van der Waals surface area (Å²) in [6.45, 7) is 0. The van der Waals surface area contributed by atoms with Crippen molar-refractivity contribution in [3.63, 3.8) is 0 Å². The van der Waals surface area contributed by atoms with Crippen molar-refractivity contribution in [2.75, 3.05) is 0 Å². The van der Waals surface area contributed by atoms with Gasteiger partial charge in [0.15, 0.2) is 17.5 Å². The van der Waals surface area contributed by atoms with E-state index in [9.17, 15) is 0 Å². The maximum atomic E-state index is 6.66. The minimum Gasteiger partial charge on any atom is -0.456 e. The van der Waals surface area contributed by atoms with Crippen LogP contribution in [0.2, 0.25) is 0 Å². The summed E-state index contributed by atoms with van der Waals surface area (Å²) in [4.78, 5) is 17.2. The molecule has 13 rings (SSSR count). The molecule has 0 radical (unpaired) electrons. The summed E-state index contributed by atoms with van der Waals surface area (Å²) in [5, 5.41) is 7.30. The summed E-state index contributed by atoms with van der Waals surface area (Å²) >= 11 is 3.75. The number of allylic oxidation sites excluding steroid dienone is 3. The van der Waals surface area contributed by atoms with Gasteiger partial charge in [0, 0.05) is 63.7 Å². The van der Waals surface area contributed by atoms with Crippen LogP contribution in [0.3, 0.4) is 0 Å². The molecule has 0 saturated heterocycles. The van der Waals surface area contributed by atoms with Crippen LogP contribution in [0.15, 0.2) is 197 Å². The Morgan fingerprint density at radius 1 is 0.443 bits per heavy atom. The summed E-state index contributed by atoms with van der Waals surface area (Å²) in [5.74, 6) is 2.30. The van der Waals surface area contributed by atoms with E-state index in [4.69, 9.17) is 19.4 Å². The minimum atomic E-state index is 0.443. The van der Waals surface area contributed by atoms with Gasteiger partial charge in [0.2, 0.25) is 0 Å². The molecule has 6 heteroatoms. The number of aromatic nitrogens is 3. The van der Waals surface area contributed by atoms with Gasteiger partial charge < -0.3 is 4.42 Å². The van der Waals surface area contributed by atoms with Crippen LogP contribution < -0.4 is 0 Å². The van der Waals surface area contributed by atoms with Crippen LogP contribution in [0, 0.1) is 0 Å². The molecule has 2 atom stereocenters. The minimum absolute atomic E-state index is 0.443. The van der Waals surface area contributed by atoms with E-state index in [1.54, 1.807) is 11.3 Å². The van der Waals surface area contributed by atoms with Crippen LogP contribution >= 0.6 is 23.1 Å². The van der Waals surface area contributed by atoms with Crippen molar-refractivity contribution in [1.29, 1.82) is 0 Å². The van der Waals surface area contributed by atoms with Gasteiger partial charge in [-0.1, -0.05) is 152 Å². The van der Waals surface area contributed by atoms with Gasteiger partial charge in [0.1, 0.15) is 11.2 Å². The van der Waals surface area contributed by atoms with E-state index in [-0.39, 0.29) is 0 Å². The van der Waals surface area contributed by atoms with Gasteiger partial charge >= 0.3 is 0 Å². The SMILES string of the molecule is C1=CC2Sc3cc(-c4ccc5c(c4)oc4cccc(-c6nc(-c7ccc(-c8cccc9ccccc89)cc7)nc(-c7cccc8sc9ccccc9c78)n6)c45)ccc3C2C=C1. The number of thiophene rings is 1. The second-order valence-electron chi connectivity index (χ2n) is 15.8. The van der Waals surface area contributed by atoms with Gasteiger partial charge in [-0.2, -0.15) is 0 Å². The first-order valence-electron chi connectivity index (χ1n) is 20.6. The second-order valence-corrected chi connectivity index (χ2v) is 18.1. The highest BCUT2D eigenvalue weighted by molar-refractivity contribution is 8.00. The van der Waals surface area contributed by atoms with Crippen LogP contribution in [0.25, 0.3) is 109 Å². The van der Waals surface area contributed by atoms with Crippen molar-refractivity contribution < 1.29 is 4.42 Å². The van der Waals surface area contributed by atoms with E-state index < -0.39 is 0 Å². The number of furan rings is 1. The van der Waals surface area contributed by atoms with Crippen molar-refractivity contribution in [2.24, 2.45) is 0 Å². The first-order chi connectivity index (χ1) is 30.2.